The number of nitrogens with one attached hydrogen (secondary N) is 1. The molecule has 5 nitrogen and oxygen atoms in total. The lowest BCUT2D eigenvalue weighted by Gasteiger charge is -2.10. The van der Waals surface area contributed by atoms with E-state index in [9.17, 15) is 4.79 Å². The molecule has 2 rings (SSSR count). The number of halogens is 2. The minimum atomic E-state index is -1.09. The van der Waals surface area contributed by atoms with Gasteiger partial charge in [-0.1, -0.05) is 0 Å². The molecule has 0 unspecified atom stereocenters. The molecule has 0 atom stereocenters. The van der Waals surface area contributed by atoms with Crippen LogP contribution in [0.3, 0.4) is 0 Å². The molecular weight excluding hydrogens is 425 g/mol. The molecule has 0 bridgehead atoms. The Balaban J connectivity index is 2.34. The molecule has 7 heteroatoms. The Morgan fingerprint density at radius 3 is 2.74 bits per heavy atom. The SMILES string of the molecule is Nc1ccc(C(=O)O)nc1Nc1ccc(Br)c(I)c1. The van der Waals surface area contributed by atoms with Gasteiger partial charge < -0.3 is 16.2 Å². The summed E-state index contributed by atoms with van der Waals surface area (Å²) in [5.41, 5.74) is 6.90. The number of nitrogens with two attached hydrogens (primary N) is 1. The van der Waals surface area contributed by atoms with E-state index in [1.807, 2.05) is 18.2 Å². The van der Waals surface area contributed by atoms with E-state index in [0.29, 0.717) is 11.5 Å². The van der Waals surface area contributed by atoms with Gasteiger partial charge in [-0.05, 0) is 68.9 Å². The molecule has 1 aromatic heterocycles. The highest BCUT2D eigenvalue weighted by molar-refractivity contribution is 14.1. The van der Waals surface area contributed by atoms with Crippen molar-refractivity contribution in [2.75, 3.05) is 11.1 Å². The van der Waals surface area contributed by atoms with Crippen molar-refractivity contribution in [2.45, 2.75) is 0 Å². The van der Waals surface area contributed by atoms with Gasteiger partial charge in [0.25, 0.3) is 0 Å². The van der Waals surface area contributed by atoms with Gasteiger partial charge >= 0.3 is 5.97 Å². The lowest BCUT2D eigenvalue weighted by Crippen LogP contribution is -2.05. The van der Waals surface area contributed by atoms with Crippen molar-refractivity contribution >= 4 is 61.7 Å². The first-order valence-corrected chi connectivity index (χ1v) is 7.06. The third-order valence-corrected chi connectivity index (χ3v) is 4.65. The van der Waals surface area contributed by atoms with Gasteiger partial charge in [0.15, 0.2) is 11.5 Å². The maximum atomic E-state index is 10.9. The number of aromatic nitrogens is 1. The van der Waals surface area contributed by atoms with Gasteiger partial charge in [0.1, 0.15) is 0 Å². The molecule has 4 N–H and O–H groups in total. The highest BCUT2D eigenvalue weighted by Gasteiger charge is 2.09. The first-order chi connectivity index (χ1) is 8.97. The average Bonchev–Trinajstić information content (AvgIpc) is 2.36. The van der Waals surface area contributed by atoms with Crippen LogP contribution in [-0.2, 0) is 0 Å². The number of carboxylic acids is 1. The van der Waals surface area contributed by atoms with Crippen molar-refractivity contribution in [1.29, 1.82) is 0 Å². The fraction of sp³-hybridized carbons (Fsp3) is 0. The van der Waals surface area contributed by atoms with Gasteiger partial charge in [0, 0.05) is 13.7 Å². The Hall–Kier alpha value is -1.35. The predicted octanol–water partition coefficient (Wildman–Crippen LogP) is 3.47. The number of nitrogen functional groups attached to an aromatic ring is 1. The van der Waals surface area contributed by atoms with Gasteiger partial charge in [-0.2, -0.15) is 0 Å². The van der Waals surface area contributed by atoms with Crippen molar-refractivity contribution in [3.8, 4) is 0 Å². The second-order valence-electron chi connectivity index (χ2n) is 3.69. The van der Waals surface area contributed by atoms with Gasteiger partial charge in [0.2, 0.25) is 0 Å². The van der Waals surface area contributed by atoms with Crippen LogP contribution >= 0.6 is 38.5 Å². The van der Waals surface area contributed by atoms with E-state index in [4.69, 9.17) is 10.8 Å². The van der Waals surface area contributed by atoms with Crippen LogP contribution in [0.5, 0.6) is 0 Å². The molecule has 0 saturated carbocycles. The molecular formula is C12H9BrIN3O2. The molecule has 0 aliphatic heterocycles. The van der Waals surface area contributed by atoms with E-state index in [1.165, 1.54) is 12.1 Å². The summed E-state index contributed by atoms with van der Waals surface area (Å²) in [4.78, 5) is 14.8. The maximum Gasteiger partial charge on any atom is 0.354 e. The molecule has 2 aromatic rings. The summed E-state index contributed by atoms with van der Waals surface area (Å²) in [5, 5.41) is 11.9. The van der Waals surface area contributed by atoms with Crippen LogP contribution in [0.15, 0.2) is 34.8 Å². The Labute approximate surface area is 131 Å². The fourth-order valence-corrected chi connectivity index (χ4v) is 2.16. The average molecular weight is 434 g/mol. The van der Waals surface area contributed by atoms with Crippen molar-refractivity contribution in [3.63, 3.8) is 0 Å². The Kier molecular flexibility index (Phi) is 4.25. The molecule has 1 aromatic carbocycles. The lowest BCUT2D eigenvalue weighted by molar-refractivity contribution is 0.0690. The van der Waals surface area contributed by atoms with Crippen molar-refractivity contribution in [1.82, 2.24) is 4.98 Å². The van der Waals surface area contributed by atoms with Crippen molar-refractivity contribution < 1.29 is 9.90 Å². The van der Waals surface area contributed by atoms with Gasteiger partial charge in [-0.25, -0.2) is 9.78 Å². The third-order valence-electron chi connectivity index (χ3n) is 2.33. The molecule has 0 amide bonds. The van der Waals surface area contributed by atoms with E-state index >= 15 is 0 Å². The second-order valence-corrected chi connectivity index (χ2v) is 5.71. The summed E-state index contributed by atoms with van der Waals surface area (Å²) < 4.78 is 2.01. The summed E-state index contributed by atoms with van der Waals surface area (Å²) in [7, 11) is 0. The summed E-state index contributed by atoms with van der Waals surface area (Å²) in [6.07, 6.45) is 0. The fourth-order valence-electron chi connectivity index (χ4n) is 1.40. The van der Waals surface area contributed by atoms with Crippen LogP contribution in [-0.4, -0.2) is 16.1 Å². The topological polar surface area (TPSA) is 88.2 Å². The number of anilines is 3. The number of nitrogens with zero attached hydrogens (tertiary/aromatic N) is 1. The highest BCUT2D eigenvalue weighted by atomic mass is 127. The summed E-state index contributed by atoms with van der Waals surface area (Å²) in [5.74, 6) is -0.758. The molecule has 0 radical (unpaired) electrons. The number of aromatic carboxylic acids is 1. The molecule has 0 spiro atoms. The number of carbonyl (C=O) groups is 1. The second kappa shape index (κ2) is 5.74. The van der Waals surface area contributed by atoms with Gasteiger partial charge in [0.05, 0.1) is 5.69 Å². The third kappa shape index (κ3) is 3.35. The molecule has 0 fully saturated rings. The monoisotopic (exact) mass is 433 g/mol. The van der Waals surface area contributed by atoms with Gasteiger partial charge in [-0.3, -0.25) is 0 Å². The first kappa shape index (κ1) is 14.1. The Morgan fingerprint density at radius 1 is 1.37 bits per heavy atom. The van der Waals surface area contributed by atoms with E-state index < -0.39 is 5.97 Å². The normalized spacial score (nSPS) is 10.2. The van der Waals surface area contributed by atoms with Crippen LogP contribution in [0.4, 0.5) is 17.2 Å². The zero-order valence-electron chi connectivity index (χ0n) is 9.52. The standard InChI is InChI=1S/C12H9BrIN3O2/c13-7-2-1-6(5-8(7)14)16-11-9(15)3-4-10(17-11)12(18)19/h1-5H,15H2,(H,16,17)(H,18,19). The quantitative estimate of drug-likeness (QED) is 0.645. The minimum absolute atomic E-state index is 0.0523. The highest BCUT2D eigenvalue weighted by Crippen LogP contribution is 2.26. The molecule has 1 heterocycles. The number of rotatable bonds is 3. The summed E-state index contributed by atoms with van der Waals surface area (Å²) >= 11 is 5.59. The van der Waals surface area contributed by atoms with Crippen LogP contribution in [0.2, 0.25) is 0 Å². The predicted molar refractivity (Wildman–Crippen MR) is 85.8 cm³/mol. The van der Waals surface area contributed by atoms with E-state index in [2.05, 4.69) is 48.8 Å². The Morgan fingerprint density at radius 2 is 2.11 bits per heavy atom. The first-order valence-electron chi connectivity index (χ1n) is 5.19. The van der Waals surface area contributed by atoms with Crippen molar-refractivity contribution in [3.05, 3.63) is 44.1 Å². The van der Waals surface area contributed by atoms with Crippen LogP contribution in [0, 0.1) is 3.57 Å². The van der Waals surface area contributed by atoms with E-state index in [0.717, 1.165) is 13.7 Å². The van der Waals surface area contributed by atoms with Crippen LogP contribution < -0.4 is 11.1 Å². The zero-order chi connectivity index (χ0) is 14.0. The number of pyridine rings is 1. The molecule has 98 valence electrons. The van der Waals surface area contributed by atoms with E-state index in [-0.39, 0.29) is 5.69 Å². The van der Waals surface area contributed by atoms with Crippen LogP contribution in [0.1, 0.15) is 10.5 Å². The maximum absolute atomic E-state index is 10.9. The molecule has 0 saturated heterocycles. The number of hydrogen-bond acceptors (Lipinski definition) is 4. The molecule has 0 aliphatic carbocycles. The summed E-state index contributed by atoms with van der Waals surface area (Å²) in [6, 6.07) is 8.53. The minimum Gasteiger partial charge on any atom is -0.477 e. The lowest BCUT2D eigenvalue weighted by atomic mass is 10.3. The number of hydrogen-bond donors (Lipinski definition) is 3. The van der Waals surface area contributed by atoms with Gasteiger partial charge in [-0.15, -0.1) is 0 Å². The molecule has 19 heavy (non-hydrogen) atoms. The largest absolute Gasteiger partial charge is 0.477 e. The Bertz CT molecular complexity index is 649. The van der Waals surface area contributed by atoms with Crippen LogP contribution in [0.25, 0.3) is 0 Å². The summed E-state index contributed by atoms with van der Waals surface area (Å²) in [6.45, 7) is 0. The van der Waals surface area contributed by atoms with Crippen molar-refractivity contribution in [2.24, 2.45) is 0 Å². The number of benzene rings is 1. The zero-order valence-corrected chi connectivity index (χ0v) is 13.3. The number of carboxylic acid groups (broad SMARTS) is 1. The molecule has 0 aliphatic rings. The smallest absolute Gasteiger partial charge is 0.354 e. The van der Waals surface area contributed by atoms with E-state index in [1.54, 1.807) is 0 Å².